The van der Waals surface area contributed by atoms with Crippen molar-refractivity contribution in [1.82, 2.24) is 4.98 Å². The average Bonchev–Trinajstić information content (AvgIpc) is 2.93. The maximum absolute atomic E-state index is 13.3. The number of benzene rings is 1. The first-order valence-electron chi connectivity index (χ1n) is 10.4. The van der Waals surface area contributed by atoms with Crippen LogP contribution in [-0.2, 0) is 16.6 Å². The van der Waals surface area contributed by atoms with Gasteiger partial charge in [-0.1, -0.05) is 31.9 Å². The van der Waals surface area contributed by atoms with E-state index in [4.69, 9.17) is 14.8 Å². The van der Waals surface area contributed by atoms with E-state index in [0.29, 0.717) is 30.8 Å². The van der Waals surface area contributed by atoms with Gasteiger partial charge in [0.05, 0.1) is 18.0 Å². The Hall–Kier alpha value is -2.91. The van der Waals surface area contributed by atoms with Gasteiger partial charge in [-0.2, -0.15) is 0 Å². The highest BCUT2D eigenvalue weighted by molar-refractivity contribution is 5.91. The number of carbonyl (C=O) groups is 1. The minimum absolute atomic E-state index is 0.0247. The van der Waals surface area contributed by atoms with E-state index in [-0.39, 0.29) is 17.8 Å². The van der Waals surface area contributed by atoms with E-state index in [2.05, 4.69) is 11.8 Å². The highest BCUT2D eigenvalue weighted by Crippen LogP contribution is 2.41. The number of rotatable bonds is 3. The minimum Gasteiger partial charge on any atom is -0.443 e. The first kappa shape index (κ1) is 22.8. The topological polar surface area (TPSA) is 62.7 Å². The van der Waals surface area contributed by atoms with Crippen molar-refractivity contribution in [2.24, 2.45) is 0 Å². The van der Waals surface area contributed by atoms with Crippen molar-refractivity contribution >= 4 is 11.8 Å². The summed E-state index contributed by atoms with van der Waals surface area (Å²) in [5.41, 5.74) is 2.88. The monoisotopic (exact) mass is 424 g/mol. The Balaban J connectivity index is 2.07. The largest absolute Gasteiger partial charge is 0.443 e. The van der Waals surface area contributed by atoms with Crippen LogP contribution in [0.3, 0.4) is 0 Å². The molecule has 2 heterocycles. The van der Waals surface area contributed by atoms with Crippen LogP contribution in [0, 0.1) is 17.7 Å². The summed E-state index contributed by atoms with van der Waals surface area (Å²) >= 11 is 0. The van der Waals surface area contributed by atoms with E-state index in [9.17, 15) is 9.18 Å². The van der Waals surface area contributed by atoms with E-state index in [1.807, 2.05) is 40.7 Å². The highest BCUT2D eigenvalue weighted by Gasteiger charge is 2.41. The summed E-state index contributed by atoms with van der Waals surface area (Å²) < 4.78 is 18.9. The fourth-order valence-corrected chi connectivity index (χ4v) is 3.55. The third kappa shape index (κ3) is 5.42. The third-order valence-corrected chi connectivity index (χ3v) is 4.93. The molecule has 31 heavy (non-hydrogen) atoms. The van der Waals surface area contributed by atoms with Crippen molar-refractivity contribution in [2.45, 2.75) is 58.5 Å². The number of nitrogens with zero attached hydrogens (tertiary/aromatic N) is 2. The normalized spacial score (nSPS) is 14.6. The van der Waals surface area contributed by atoms with E-state index in [0.717, 1.165) is 16.8 Å². The van der Waals surface area contributed by atoms with Gasteiger partial charge in [-0.25, -0.2) is 14.2 Å². The predicted molar refractivity (Wildman–Crippen MR) is 119 cm³/mol. The number of pyridine rings is 1. The molecular formula is C25H29FN2O3. The molecule has 1 aliphatic rings. The Kier molecular flexibility index (Phi) is 6.38. The van der Waals surface area contributed by atoms with Crippen molar-refractivity contribution in [3.8, 4) is 11.8 Å². The second kappa shape index (κ2) is 8.68. The minimum atomic E-state index is -0.607. The number of aromatic nitrogens is 1. The molecule has 1 aromatic carbocycles. The maximum Gasteiger partial charge on any atom is 0.414 e. The second-order valence-electron chi connectivity index (χ2n) is 9.39. The Morgan fingerprint density at radius 1 is 1.29 bits per heavy atom. The Morgan fingerprint density at radius 2 is 1.97 bits per heavy atom. The van der Waals surface area contributed by atoms with Gasteiger partial charge in [-0.05, 0) is 56.0 Å². The summed E-state index contributed by atoms with van der Waals surface area (Å²) in [7, 11) is 0. The number of hydrogen-bond acceptors (Lipinski definition) is 4. The summed E-state index contributed by atoms with van der Waals surface area (Å²) in [6.45, 7) is 10.0. The lowest BCUT2D eigenvalue weighted by molar-refractivity contribution is 0.0579. The van der Waals surface area contributed by atoms with Crippen LogP contribution in [0.1, 0.15) is 63.6 Å². The molecule has 0 bridgehead atoms. The molecule has 6 heteroatoms. The molecule has 2 aromatic rings. The van der Waals surface area contributed by atoms with Crippen LogP contribution < -0.4 is 4.90 Å². The van der Waals surface area contributed by atoms with Crippen molar-refractivity contribution in [1.29, 1.82) is 0 Å². The van der Waals surface area contributed by atoms with Gasteiger partial charge >= 0.3 is 6.09 Å². The first-order chi connectivity index (χ1) is 14.5. The van der Waals surface area contributed by atoms with Gasteiger partial charge in [0.1, 0.15) is 17.1 Å². The highest BCUT2D eigenvalue weighted by atomic mass is 19.1. The molecule has 164 valence electrons. The molecule has 0 radical (unpaired) electrons. The molecular weight excluding hydrogens is 395 g/mol. The first-order valence-corrected chi connectivity index (χ1v) is 10.4. The molecule has 3 rings (SSSR count). The molecule has 5 nitrogen and oxygen atoms in total. The second-order valence-corrected chi connectivity index (χ2v) is 9.39. The molecule has 0 saturated heterocycles. The summed E-state index contributed by atoms with van der Waals surface area (Å²) in [4.78, 5) is 19.4. The Labute approximate surface area is 183 Å². The van der Waals surface area contributed by atoms with Gasteiger partial charge in [0, 0.05) is 24.8 Å². The number of hydrogen-bond donors (Lipinski definition) is 1. The van der Waals surface area contributed by atoms with Crippen LogP contribution >= 0.6 is 0 Å². The van der Waals surface area contributed by atoms with Gasteiger partial charge in [0.25, 0.3) is 0 Å². The van der Waals surface area contributed by atoms with Gasteiger partial charge < -0.3 is 9.84 Å². The average molecular weight is 425 g/mol. The molecule has 0 spiro atoms. The lowest BCUT2D eigenvalue weighted by Gasteiger charge is -2.25. The quantitative estimate of drug-likeness (QED) is 0.733. The standard InChI is InChI=1S/C25H29FN2O3/c1-24(2,3)31-23(30)28-16-25(4,5)22-21(28)15-18(20(27-22)8-6-7-13-29)14-17-9-11-19(26)12-10-17/h9-12,15,29H,7,13-14,16H2,1-5H3. The number of aliphatic hydroxyl groups excluding tert-OH is 1. The number of fused-ring (bicyclic) bond motifs is 1. The summed E-state index contributed by atoms with van der Waals surface area (Å²) in [6, 6.07) is 8.23. The molecule has 1 N–H and O–H groups in total. The number of halogens is 1. The number of anilines is 1. The predicted octanol–water partition coefficient (Wildman–Crippen LogP) is 4.58. The summed E-state index contributed by atoms with van der Waals surface area (Å²) in [5.74, 6) is 5.71. The molecule has 1 aromatic heterocycles. The van der Waals surface area contributed by atoms with Crippen LogP contribution in [0.2, 0.25) is 0 Å². The number of ether oxygens (including phenoxy) is 1. The van der Waals surface area contributed by atoms with Crippen LogP contribution in [-0.4, -0.2) is 34.9 Å². The Bertz CT molecular complexity index is 1030. The zero-order valence-corrected chi connectivity index (χ0v) is 18.8. The molecule has 0 unspecified atom stereocenters. The molecule has 0 aliphatic carbocycles. The van der Waals surface area contributed by atoms with E-state index < -0.39 is 11.7 Å². The molecule has 0 saturated carbocycles. The molecule has 1 aliphatic heterocycles. The van der Waals surface area contributed by atoms with Gasteiger partial charge in [-0.3, -0.25) is 4.90 Å². The number of amides is 1. The summed E-state index contributed by atoms with van der Waals surface area (Å²) in [6.07, 6.45) is 0.432. The molecule has 0 fully saturated rings. The smallest absolute Gasteiger partial charge is 0.414 e. The van der Waals surface area contributed by atoms with Crippen LogP contribution in [0.15, 0.2) is 30.3 Å². The number of aliphatic hydroxyl groups is 1. The molecule has 1 amide bonds. The van der Waals surface area contributed by atoms with E-state index in [1.165, 1.54) is 12.1 Å². The fraction of sp³-hybridized carbons (Fsp3) is 0.440. The zero-order valence-electron chi connectivity index (χ0n) is 18.8. The summed E-state index contributed by atoms with van der Waals surface area (Å²) in [5, 5.41) is 9.08. The lowest BCUT2D eigenvalue weighted by atomic mass is 9.90. The lowest BCUT2D eigenvalue weighted by Crippen LogP contribution is -2.38. The van der Waals surface area contributed by atoms with Gasteiger partial charge in [0.2, 0.25) is 0 Å². The van der Waals surface area contributed by atoms with Crippen molar-refractivity contribution in [2.75, 3.05) is 18.1 Å². The van der Waals surface area contributed by atoms with Crippen molar-refractivity contribution in [3.05, 3.63) is 58.7 Å². The van der Waals surface area contributed by atoms with Crippen LogP contribution in [0.4, 0.5) is 14.9 Å². The van der Waals surface area contributed by atoms with Crippen LogP contribution in [0.25, 0.3) is 0 Å². The van der Waals surface area contributed by atoms with Crippen molar-refractivity contribution in [3.63, 3.8) is 0 Å². The Morgan fingerprint density at radius 3 is 2.58 bits per heavy atom. The van der Waals surface area contributed by atoms with Crippen LogP contribution in [0.5, 0.6) is 0 Å². The van der Waals surface area contributed by atoms with Gasteiger partial charge in [0.15, 0.2) is 0 Å². The van der Waals surface area contributed by atoms with E-state index >= 15 is 0 Å². The fourth-order valence-electron chi connectivity index (χ4n) is 3.55. The molecule has 0 atom stereocenters. The maximum atomic E-state index is 13.3. The number of carbonyl (C=O) groups excluding carboxylic acids is 1. The SMILES string of the molecule is CC(C)(C)OC(=O)N1CC(C)(C)c2nc(C#CCCO)c(Cc3ccc(F)cc3)cc21. The third-order valence-electron chi connectivity index (χ3n) is 4.93. The van der Waals surface area contributed by atoms with Crippen molar-refractivity contribution < 1.29 is 19.0 Å². The van der Waals surface area contributed by atoms with E-state index in [1.54, 1.807) is 17.0 Å². The zero-order chi connectivity index (χ0) is 22.8. The van der Waals surface area contributed by atoms with Gasteiger partial charge in [-0.15, -0.1) is 0 Å².